The van der Waals surface area contributed by atoms with Crippen LogP contribution in [0.2, 0.25) is 0 Å². The van der Waals surface area contributed by atoms with Crippen molar-refractivity contribution >= 4 is 23.4 Å². The van der Waals surface area contributed by atoms with Gasteiger partial charge in [0.25, 0.3) is 5.91 Å². The van der Waals surface area contributed by atoms with Gasteiger partial charge in [-0.05, 0) is 11.1 Å². The van der Waals surface area contributed by atoms with Crippen molar-refractivity contribution in [1.82, 2.24) is 5.32 Å². The number of rotatable bonds is 4. The first-order valence-corrected chi connectivity index (χ1v) is 6.35. The molecule has 0 unspecified atom stereocenters. The van der Waals surface area contributed by atoms with Gasteiger partial charge in [-0.2, -0.15) is 0 Å². The highest BCUT2D eigenvalue weighted by Crippen LogP contribution is 2.39. The highest BCUT2D eigenvalue weighted by atomic mass is 16.6. The van der Waals surface area contributed by atoms with Crippen LogP contribution in [0.1, 0.15) is 11.1 Å². The van der Waals surface area contributed by atoms with E-state index in [0.29, 0.717) is 11.1 Å². The van der Waals surface area contributed by atoms with Gasteiger partial charge in [-0.3, -0.25) is 25.0 Å². The second-order valence-corrected chi connectivity index (χ2v) is 4.97. The molecule has 11 heteroatoms. The molecule has 23 heavy (non-hydrogen) atoms. The summed E-state index contributed by atoms with van der Waals surface area (Å²) in [5.74, 6) is -0.655. The highest BCUT2D eigenvalue weighted by molar-refractivity contribution is 5.89. The van der Waals surface area contributed by atoms with Crippen LogP contribution in [0.15, 0.2) is 12.1 Å². The zero-order chi connectivity index (χ0) is 17.4. The average molecular weight is 324 g/mol. The summed E-state index contributed by atoms with van der Waals surface area (Å²) >= 11 is 0. The van der Waals surface area contributed by atoms with Crippen molar-refractivity contribution in [2.75, 3.05) is 7.05 Å². The molecule has 0 aliphatic heterocycles. The van der Waals surface area contributed by atoms with E-state index in [4.69, 9.17) is 10.5 Å². The second-order valence-electron chi connectivity index (χ2n) is 4.97. The van der Waals surface area contributed by atoms with Gasteiger partial charge in [0.15, 0.2) is 5.60 Å². The monoisotopic (exact) mass is 324 g/mol. The lowest BCUT2D eigenvalue weighted by Crippen LogP contribution is -2.50. The molecule has 1 aliphatic rings. The molecule has 0 fully saturated rings. The Kier molecular flexibility index (Phi) is 3.87. The Bertz CT molecular complexity index is 687. The lowest BCUT2D eigenvalue weighted by Gasteiger charge is -2.25. The summed E-state index contributed by atoms with van der Waals surface area (Å²) in [6.45, 7) is 0. The van der Waals surface area contributed by atoms with Crippen LogP contribution in [-0.4, -0.2) is 34.5 Å². The number of likely N-dealkylation sites (N-methyl/N-ethyl adjacent to an activating group) is 1. The van der Waals surface area contributed by atoms with Gasteiger partial charge in [0.05, 0.1) is 9.85 Å². The molecule has 0 atom stereocenters. The Labute approximate surface area is 128 Å². The molecule has 1 aromatic rings. The quantitative estimate of drug-likeness (QED) is 0.588. The largest absolute Gasteiger partial charge is 0.432 e. The number of benzene rings is 1. The molecule has 0 aromatic heterocycles. The molecule has 1 aliphatic carbocycles. The van der Waals surface area contributed by atoms with E-state index in [-0.39, 0.29) is 12.8 Å². The van der Waals surface area contributed by atoms with Crippen molar-refractivity contribution in [1.29, 1.82) is 0 Å². The lowest BCUT2D eigenvalue weighted by molar-refractivity contribution is -0.422. The summed E-state index contributed by atoms with van der Waals surface area (Å²) < 4.78 is 4.92. The Morgan fingerprint density at radius 2 is 1.61 bits per heavy atom. The third-order valence-corrected chi connectivity index (χ3v) is 3.58. The molecule has 0 spiro atoms. The maximum atomic E-state index is 12.1. The number of hydrogen-bond acceptors (Lipinski definition) is 7. The first kappa shape index (κ1) is 16.1. The van der Waals surface area contributed by atoms with Crippen molar-refractivity contribution < 1.29 is 24.2 Å². The normalized spacial score (nSPS) is 14.7. The predicted octanol–water partition coefficient (Wildman–Crippen LogP) is 0.182. The van der Waals surface area contributed by atoms with Crippen molar-refractivity contribution in [2.24, 2.45) is 5.73 Å². The number of amides is 2. The van der Waals surface area contributed by atoms with E-state index < -0.39 is 38.8 Å². The zero-order valence-electron chi connectivity index (χ0n) is 11.9. The Hall–Kier alpha value is -3.24. The topological polar surface area (TPSA) is 168 Å². The van der Waals surface area contributed by atoms with Crippen LogP contribution in [0, 0.1) is 20.2 Å². The molecule has 0 heterocycles. The summed E-state index contributed by atoms with van der Waals surface area (Å²) in [5, 5.41) is 24.3. The van der Waals surface area contributed by atoms with Crippen molar-refractivity contribution in [2.45, 2.75) is 18.4 Å². The van der Waals surface area contributed by atoms with Gasteiger partial charge >= 0.3 is 17.5 Å². The number of nitro benzene ring substituents is 2. The second kappa shape index (κ2) is 5.51. The molecule has 1 aromatic carbocycles. The van der Waals surface area contributed by atoms with Gasteiger partial charge in [-0.25, -0.2) is 4.79 Å². The maximum Gasteiger partial charge on any atom is 0.405 e. The first-order valence-electron chi connectivity index (χ1n) is 6.35. The fourth-order valence-electron chi connectivity index (χ4n) is 2.66. The van der Waals surface area contributed by atoms with Crippen LogP contribution in [-0.2, 0) is 22.4 Å². The van der Waals surface area contributed by atoms with E-state index in [2.05, 4.69) is 5.32 Å². The van der Waals surface area contributed by atoms with Crippen molar-refractivity contribution in [3.05, 3.63) is 43.5 Å². The summed E-state index contributed by atoms with van der Waals surface area (Å²) in [6.07, 6.45) is -1.52. The van der Waals surface area contributed by atoms with Gasteiger partial charge < -0.3 is 15.8 Å². The zero-order valence-corrected chi connectivity index (χ0v) is 11.9. The molecule has 2 rings (SSSR count). The van der Waals surface area contributed by atoms with Crippen molar-refractivity contribution in [3.63, 3.8) is 0 Å². The number of nitrogens with zero attached hydrogens (tertiary/aromatic N) is 2. The molecule has 0 saturated carbocycles. The number of nitrogens with one attached hydrogen (secondary N) is 1. The summed E-state index contributed by atoms with van der Waals surface area (Å²) in [5.41, 5.74) is 2.55. The maximum absolute atomic E-state index is 12.1. The summed E-state index contributed by atoms with van der Waals surface area (Å²) in [6, 6.07) is 2.03. The highest BCUT2D eigenvalue weighted by Gasteiger charge is 2.48. The Morgan fingerprint density at radius 1 is 1.17 bits per heavy atom. The van der Waals surface area contributed by atoms with E-state index >= 15 is 0 Å². The van der Waals surface area contributed by atoms with E-state index in [1.54, 1.807) is 0 Å². The number of carbonyl (C=O) groups is 2. The van der Waals surface area contributed by atoms with Gasteiger partial charge in [0.1, 0.15) is 0 Å². The van der Waals surface area contributed by atoms with Crippen LogP contribution in [0.3, 0.4) is 0 Å². The predicted molar refractivity (Wildman–Crippen MR) is 74.6 cm³/mol. The molecule has 3 N–H and O–H groups in total. The third-order valence-electron chi connectivity index (χ3n) is 3.58. The van der Waals surface area contributed by atoms with Gasteiger partial charge in [-0.1, -0.05) is 0 Å². The number of carbonyl (C=O) groups excluding carboxylic acids is 2. The van der Waals surface area contributed by atoms with Crippen LogP contribution in [0.5, 0.6) is 0 Å². The standard InChI is InChI=1S/C12H12N4O7/c1-14-10(17)12(23-11(13)18)4-6-2-8(15(19)20)9(16(21)22)3-7(6)5-12/h2-3H,4-5H2,1H3,(H2,13,18)(H,14,17). The van der Waals surface area contributed by atoms with Gasteiger partial charge in [0, 0.05) is 32.0 Å². The van der Waals surface area contributed by atoms with E-state index in [1.807, 2.05) is 0 Å². The smallest absolute Gasteiger partial charge is 0.405 e. The number of primary amides is 1. The number of fused-ring (bicyclic) bond motifs is 1. The molecular formula is C12H12N4O7. The van der Waals surface area contributed by atoms with Crippen LogP contribution < -0.4 is 11.1 Å². The Morgan fingerprint density at radius 3 is 1.91 bits per heavy atom. The third kappa shape index (κ3) is 2.75. The minimum absolute atomic E-state index is 0.163. The average Bonchev–Trinajstić information content (AvgIpc) is 2.81. The fourth-order valence-corrected chi connectivity index (χ4v) is 2.66. The van der Waals surface area contributed by atoms with Crippen LogP contribution in [0.25, 0.3) is 0 Å². The van der Waals surface area contributed by atoms with Crippen LogP contribution >= 0.6 is 0 Å². The molecule has 2 amide bonds. The van der Waals surface area contributed by atoms with Crippen LogP contribution in [0.4, 0.5) is 16.2 Å². The number of nitrogens with two attached hydrogens (primary N) is 1. The minimum atomic E-state index is -1.67. The first-order chi connectivity index (χ1) is 10.7. The van der Waals surface area contributed by atoms with E-state index in [1.165, 1.54) is 7.05 Å². The molecule has 0 saturated heterocycles. The number of hydrogen-bond donors (Lipinski definition) is 2. The van der Waals surface area contributed by atoms with E-state index in [9.17, 15) is 29.8 Å². The molecule has 11 nitrogen and oxygen atoms in total. The number of nitro groups is 2. The Balaban J connectivity index is 2.54. The summed E-state index contributed by atoms with van der Waals surface area (Å²) in [7, 11) is 1.32. The molecule has 122 valence electrons. The molecule has 0 radical (unpaired) electrons. The van der Waals surface area contributed by atoms with Crippen molar-refractivity contribution in [3.8, 4) is 0 Å². The number of ether oxygens (including phenoxy) is 1. The molecule has 0 bridgehead atoms. The fraction of sp³-hybridized carbons (Fsp3) is 0.333. The lowest BCUT2D eigenvalue weighted by atomic mass is 9.99. The van der Waals surface area contributed by atoms with Gasteiger partial charge in [-0.15, -0.1) is 0 Å². The molecular weight excluding hydrogens is 312 g/mol. The minimum Gasteiger partial charge on any atom is -0.432 e. The SMILES string of the molecule is CNC(=O)C1(OC(N)=O)Cc2cc([N+](=O)[O-])c([N+](=O)[O-])cc2C1. The van der Waals surface area contributed by atoms with Gasteiger partial charge in [0.2, 0.25) is 0 Å². The summed E-state index contributed by atoms with van der Waals surface area (Å²) in [4.78, 5) is 43.3. The van der Waals surface area contributed by atoms with E-state index in [0.717, 1.165) is 12.1 Å².